The zero-order valence-electron chi connectivity index (χ0n) is 14.3. The summed E-state index contributed by atoms with van der Waals surface area (Å²) in [5.41, 5.74) is 0. The average Bonchev–Trinajstić information content (AvgIpc) is 2.60. The smallest absolute Gasteiger partial charge is 0.322 e. The lowest BCUT2D eigenvalue weighted by atomic mass is 10.1. The predicted molar refractivity (Wildman–Crippen MR) is 87.0 cm³/mol. The molecule has 0 radical (unpaired) electrons. The summed E-state index contributed by atoms with van der Waals surface area (Å²) in [6, 6.07) is -2.11. The summed E-state index contributed by atoms with van der Waals surface area (Å²) in [5.74, 6) is -2.51. The summed E-state index contributed by atoms with van der Waals surface area (Å²) < 4.78 is 0. The van der Waals surface area contributed by atoms with E-state index in [2.05, 4.69) is 16.0 Å². The van der Waals surface area contributed by atoms with Crippen molar-refractivity contribution in [3.8, 4) is 0 Å². The number of hydrogen-bond donors (Lipinski definition) is 9. The van der Waals surface area contributed by atoms with Gasteiger partial charge >= 0.3 is 12.0 Å². The van der Waals surface area contributed by atoms with E-state index in [9.17, 15) is 34.5 Å². The van der Waals surface area contributed by atoms with E-state index in [1.807, 2.05) is 5.32 Å². The van der Waals surface area contributed by atoms with Gasteiger partial charge in [0.1, 0.15) is 24.4 Å². The number of hydrogen-bond acceptors (Lipinski definition) is 9. The first-order valence-electron chi connectivity index (χ1n) is 8.16. The largest absolute Gasteiger partial charge is 0.481 e. The number of rotatable bonds is 11. The van der Waals surface area contributed by atoms with Gasteiger partial charge in [-0.25, -0.2) is 4.79 Å². The standard InChI is InChI=1S/C14H24N4O9/c19-5-7(21)11(25)6(20)4-15-12-10(13(26)18-14(27)17-12)16-8(22)2-1-3-9(23)24/h6-7,10-12,15,19-21,25H,1-5H2,(H,16,22)(H,23,24)(H2,17,18,26,27). The number of nitrogens with one attached hydrogen (secondary N) is 4. The second kappa shape index (κ2) is 10.7. The normalized spacial score (nSPS) is 23.0. The minimum atomic E-state index is -1.68. The fraction of sp³-hybridized carbons (Fsp3) is 0.714. The van der Waals surface area contributed by atoms with Gasteiger partial charge in [0.05, 0.1) is 12.7 Å². The summed E-state index contributed by atoms with van der Waals surface area (Å²) in [4.78, 5) is 45.7. The highest BCUT2D eigenvalue weighted by molar-refractivity contribution is 6.01. The number of aliphatic hydroxyl groups excluding tert-OH is 4. The Kier molecular flexibility index (Phi) is 9.04. The van der Waals surface area contributed by atoms with Crippen LogP contribution in [0.3, 0.4) is 0 Å². The molecular formula is C14H24N4O9. The highest BCUT2D eigenvalue weighted by atomic mass is 16.4. The van der Waals surface area contributed by atoms with Crippen molar-refractivity contribution in [2.24, 2.45) is 0 Å². The van der Waals surface area contributed by atoms with Crippen LogP contribution in [0.25, 0.3) is 0 Å². The van der Waals surface area contributed by atoms with E-state index in [1.165, 1.54) is 0 Å². The summed E-state index contributed by atoms with van der Waals surface area (Å²) >= 11 is 0. The molecule has 0 aromatic carbocycles. The van der Waals surface area contributed by atoms with Gasteiger partial charge in [0, 0.05) is 19.4 Å². The second-order valence-corrected chi connectivity index (χ2v) is 5.95. The van der Waals surface area contributed by atoms with Crippen LogP contribution < -0.4 is 21.3 Å². The number of amides is 4. The van der Waals surface area contributed by atoms with Gasteiger partial charge in [-0.15, -0.1) is 0 Å². The van der Waals surface area contributed by atoms with Crippen molar-refractivity contribution in [2.75, 3.05) is 13.2 Å². The highest BCUT2D eigenvalue weighted by Crippen LogP contribution is 2.04. The fourth-order valence-corrected chi connectivity index (χ4v) is 2.30. The average molecular weight is 392 g/mol. The van der Waals surface area contributed by atoms with E-state index >= 15 is 0 Å². The molecule has 0 spiro atoms. The van der Waals surface area contributed by atoms with Gasteiger partial charge in [-0.05, 0) is 6.42 Å². The summed E-state index contributed by atoms with van der Waals surface area (Å²) in [5, 5.41) is 55.1. The van der Waals surface area contributed by atoms with E-state index in [0.717, 1.165) is 0 Å². The lowest BCUT2D eigenvalue weighted by molar-refractivity contribution is -0.137. The number of urea groups is 1. The van der Waals surface area contributed by atoms with Crippen molar-refractivity contribution in [1.82, 2.24) is 21.3 Å². The van der Waals surface area contributed by atoms with Gasteiger partial charge in [0.2, 0.25) is 5.91 Å². The minimum Gasteiger partial charge on any atom is -0.481 e. The van der Waals surface area contributed by atoms with E-state index in [0.29, 0.717) is 0 Å². The minimum absolute atomic E-state index is 0.0594. The zero-order chi connectivity index (χ0) is 20.6. The molecule has 13 nitrogen and oxygen atoms in total. The third-order valence-corrected chi connectivity index (χ3v) is 3.77. The number of carbonyl (C=O) groups excluding carboxylic acids is 3. The Morgan fingerprint density at radius 2 is 1.78 bits per heavy atom. The quantitative estimate of drug-likeness (QED) is 0.164. The van der Waals surface area contributed by atoms with Crippen LogP contribution in [0.1, 0.15) is 19.3 Å². The number of imide groups is 1. The van der Waals surface area contributed by atoms with Crippen molar-refractivity contribution >= 4 is 23.8 Å². The molecular weight excluding hydrogens is 368 g/mol. The molecule has 1 fully saturated rings. The first-order chi connectivity index (χ1) is 12.6. The van der Waals surface area contributed by atoms with Gasteiger partial charge in [-0.2, -0.15) is 0 Å². The van der Waals surface area contributed by atoms with Crippen LogP contribution in [0.2, 0.25) is 0 Å². The maximum Gasteiger partial charge on any atom is 0.322 e. The molecule has 0 aromatic heterocycles. The molecule has 0 aromatic rings. The van der Waals surface area contributed by atoms with Gasteiger partial charge < -0.3 is 36.2 Å². The van der Waals surface area contributed by atoms with E-state index in [-0.39, 0.29) is 25.8 Å². The fourth-order valence-electron chi connectivity index (χ4n) is 2.30. The van der Waals surface area contributed by atoms with Crippen LogP contribution >= 0.6 is 0 Å². The molecule has 1 rings (SSSR count). The van der Waals surface area contributed by atoms with Gasteiger partial charge in [0.25, 0.3) is 5.91 Å². The van der Waals surface area contributed by atoms with Crippen LogP contribution in [0.5, 0.6) is 0 Å². The molecule has 27 heavy (non-hydrogen) atoms. The Morgan fingerprint density at radius 3 is 2.37 bits per heavy atom. The second-order valence-electron chi connectivity index (χ2n) is 5.95. The van der Waals surface area contributed by atoms with Crippen molar-refractivity contribution in [3.63, 3.8) is 0 Å². The molecule has 0 bridgehead atoms. The lowest BCUT2D eigenvalue weighted by Gasteiger charge is -2.33. The number of aliphatic hydroxyl groups is 4. The summed E-state index contributed by atoms with van der Waals surface area (Å²) in [7, 11) is 0. The van der Waals surface area contributed by atoms with Crippen LogP contribution in [0, 0.1) is 0 Å². The van der Waals surface area contributed by atoms with Gasteiger partial charge in [-0.1, -0.05) is 0 Å². The molecule has 5 atom stereocenters. The van der Waals surface area contributed by atoms with Crippen LogP contribution in [-0.2, 0) is 14.4 Å². The Morgan fingerprint density at radius 1 is 1.11 bits per heavy atom. The molecule has 0 aliphatic carbocycles. The molecule has 1 aliphatic heterocycles. The maximum atomic E-state index is 12.0. The lowest BCUT2D eigenvalue weighted by Crippen LogP contribution is -2.71. The number of carboxylic acid groups (broad SMARTS) is 1. The molecule has 154 valence electrons. The monoisotopic (exact) mass is 392 g/mol. The van der Waals surface area contributed by atoms with Gasteiger partial charge in [-0.3, -0.25) is 25.0 Å². The predicted octanol–water partition coefficient (Wildman–Crippen LogP) is -4.44. The van der Waals surface area contributed by atoms with Crippen LogP contribution in [-0.4, -0.2) is 93.0 Å². The molecule has 4 amide bonds. The molecule has 1 saturated heterocycles. The molecule has 9 N–H and O–H groups in total. The Labute approximate surface area is 153 Å². The molecule has 13 heteroatoms. The van der Waals surface area contributed by atoms with Gasteiger partial charge in [0.15, 0.2) is 0 Å². The van der Waals surface area contributed by atoms with Crippen LogP contribution in [0.15, 0.2) is 0 Å². The molecule has 1 aliphatic rings. The van der Waals surface area contributed by atoms with Crippen molar-refractivity contribution in [2.45, 2.75) is 49.8 Å². The van der Waals surface area contributed by atoms with E-state index < -0.39 is 60.9 Å². The SMILES string of the molecule is O=C(O)CCCC(=O)NC1C(=O)NC(=O)NC1NCC(O)C(O)C(O)CO. The van der Waals surface area contributed by atoms with E-state index in [1.54, 1.807) is 0 Å². The third-order valence-electron chi connectivity index (χ3n) is 3.77. The zero-order valence-corrected chi connectivity index (χ0v) is 14.3. The Hall–Kier alpha value is -2.32. The number of carboxylic acids is 1. The highest BCUT2D eigenvalue weighted by Gasteiger charge is 2.37. The Balaban J connectivity index is 2.64. The molecule has 0 saturated carbocycles. The molecule has 5 unspecified atom stereocenters. The van der Waals surface area contributed by atoms with Crippen molar-refractivity contribution in [1.29, 1.82) is 0 Å². The van der Waals surface area contributed by atoms with Crippen molar-refractivity contribution in [3.05, 3.63) is 0 Å². The first kappa shape index (κ1) is 22.7. The first-order valence-corrected chi connectivity index (χ1v) is 8.16. The summed E-state index contributed by atoms with van der Waals surface area (Å²) in [6.07, 6.45) is -6.26. The topological polar surface area (TPSA) is 218 Å². The molecule has 1 heterocycles. The number of aliphatic carboxylic acids is 1. The van der Waals surface area contributed by atoms with Crippen LogP contribution in [0.4, 0.5) is 4.79 Å². The maximum absolute atomic E-state index is 12.0. The van der Waals surface area contributed by atoms with E-state index in [4.69, 9.17) is 10.2 Å². The third kappa shape index (κ3) is 7.44. The summed E-state index contributed by atoms with van der Waals surface area (Å²) in [6.45, 7) is -1.17. The number of carbonyl (C=O) groups is 4. The van der Waals surface area contributed by atoms with Crippen molar-refractivity contribution < 1.29 is 44.7 Å². The Bertz CT molecular complexity index is 559.